The molecule has 6 heteroatoms. The van der Waals surface area contributed by atoms with Gasteiger partial charge < -0.3 is 15.7 Å². The third-order valence-corrected chi connectivity index (χ3v) is 2.95. The summed E-state index contributed by atoms with van der Waals surface area (Å²) in [6.45, 7) is 0.177. The van der Waals surface area contributed by atoms with Crippen LogP contribution in [0.25, 0.3) is 0 Å². The molecular formula is C12H13ClN2O3. The number of hydrogen-bond acceptors (Lipinski definition) is 3. The second kappa shape index (κ2) is 5.37. The normalized spacial score (nSPS) is 14.3. The average molecular weight is 269 g/mol. The molecule has 1 amide bonds. The van der Waals surface area contributed by atoms with Crippen molar-refractivity contribution in [1.29, 1.82) is 0 Å². The number of hydrogen-bond donors (Lipinski definition) is 3. The van der Waals surface area contributed by atoms with E-state index in [0.717, 1.165) is 12.8 Å². The van der Waals surface area contributed by atoms with Crippen molar-refractivity contribution < 1.29 is 14.7 Å². The fourth-order valence-electron chi connectivity index (χ4n) is 1.56. The van der Waals surface area contributed by atoms with Gasteiger partial charge in [0.2, 0.25) is 5.91 Å². The van der Waals surface area contributed by atoms with Gasteiger partial charge in [-0.1, -0.05) is 17.7 Å². The Morgan fingerprint density at radius 3 is 2.72 bits per heavy atom. The molecule has 0 aromatic heterocycles. The first-order valence-corrected chi connectivity index (χ1v) is 6.01. The van der Waals surface area contributed by atoms with Crippen molar-refractivity contribution in [2.75, 3.05) is 11.9 Å². The highest BCUT2D eigenvalue weighted by Crippen LogP contribution is 2.24. The summed E-state index contributed by atoms with van der Waals surface area (Å²) in [5.41, 5.74) is 0.136. The molecular weight excluding hydrogens is 256 g/mol. The molecule has 18 heavy (non-hydrogen) atoms. The molecule has 1 aromatic rings. The molecule has 0 spiro atoms. The summed E-state index contributed by atoms with van der Waals surface area (Å²) >= 11 is 5.80. The number of nitrogens with one attached hydrogen (secondary N) is 2. The number of benzene rings is 1. The minimum atomic E-state index is -1.16. The van der Waals surface area contributed by atoms with Crippen LogP contribution in [0, 0.1) is 0 Å². The van der Waals surface area contributed by atoms with Crippen molar-refractivity contribution >= 4 is 29.2 Å². The van der Waals surface area contributed by atoms with Gasteiger partial charge in [-0.15, -0.1) is 0 Å². The molecule has 0 atom stereocenters. The van der Waals surface area contributed by atoms with Gasteiger partial charge in [-0.3, -0.25) is 4.79 Å². The minimum Gasteiger partial charge on any atom is -0.478 e. The Balaban J connectivity index is 2.05. The second-order valence-electron chi connectivity index (χ2n) is 4.17. The number of aromatic carboxylic acids is 1. The van der Waals surface area contributed by atoms with Crippen molar-refractivity contribution in [2.24, 2.45) is 0 Å². The van der Waals surface area contributed by atoms with Crippen molar-refractivity contribution in [2.45, 2.75) is 18.9 Å². The summed E-state index contributed by atoms with van der Waals surface area (Å²) in [6, 6.07) is 5.01. The smallest absolute Gasteiger partial charge is 0.339 e. The van der Waals surface area contributed by atoms with E-state index in [1.54, 1.807) is 6.07 Å². The molecule has 5 nitrogen and oxygen atoms in total. The maximum Gasteiger partial charge on any atom is 0.339 e. The number of carbonyl (C=O) groups excluding carboxylic acids is 1. The molecule has 1 aliphatic rings. The fourth-order valence-corrected chi connectivity index (χ4v) is 1.82. The van der Waals surface area contributed by atoms with Gasteiger partial charge in [0.25, 0.3) is 0 Å². The SMILES string of the molecule is O=C(CNC1CC1)Nc1cccc(Cl)c1C(=O)O. The number of carbonyl (C=O) groups is 2. The Morgan fingerprint density at radius 1 is 1.39 bits per heavy atom. The van der Waals surface area contributed by atoms with E-state index >= 15 is 0 Å². The van der Waals surface area contributed by atoms with Gasteiger partial charge in [0, 0.05) is 6.04 Å². The van der Waals surface area contributed by atoms with Crippen molar-refractivity contribution in [1.82, 2.24) is 5.32 Å². The Morgan fingerprint density at radius 2 is 2.11 bits per heavy atom. The Hall–Kier alpha value is -1.59. The summed E-state index contributed by atoms with van der Waals surface area (Å²) in [5.74, 6) is -1.43. The van der Waals surface area contributed by atoms with Crippen LogP contribution >= 0.6 is 11.6 Å². The summed E-state index contributed by atoms with van der Waals surface area (Å²) in [4.78, 5) is 22.7. The van der Waals surface area contributed by atoms with Gasteiger partial charge in [0.15, 0.2) is 0 Å². The Kier molecular flexibility index (Phi) is 3.84. The predicted molar refractivity (Wildman–Crippen MR) is 68.1 cm³/mol. The van der Waals surface area contributed by atoms with Gasteiger partial charge in [0.1, 0.15) is 5.56 Å². The molecule has 2 rings (SSSR count). The van der Waals surface area contributed by atoms with Gasteiger partial charge in [-0.05, 0) is 25.0 Å². The number of carboxylic acids is 1. The van der Waals surface area contributed by atoms with Gasteiger partial charge >= 0.3 is 5.97 Å². The van der Waals surface area contributed by atoms with E-state index in [1.165, 1.54) is 12.1 Å². The lowest BCUT2D eigenvalue weighted by atomic mass is 10.1. The molecule has 3 N–H and O–H groups in total. The molecule has 96 valence electrons. The number of carboxylic acid groups (broad SMARTS) is 1. The van der Waals surface area contributed by atoms with E-state index in [0.29, 0.717) is 6.04 Å². The Bertz CT molecular complexity index is 486. The molecule has 0 radical (unpaired) electrons. The maximum atomic E-state index is 11.6. The van der Waals surface area contributed by atoms with Gasteiger partial charge in [-0.2, -0.15) is 0 Å². The zero-order valence-electron chi connectivity index (χ0n) is 9.57. The van der Waals surface area contributed by atoms with Crippen LogP contribution in [-0.4, -0.2) is 29.6 Å². The number of halogens is 1. The third-order valence-electron chi connectivity index (χ3n) is 2.63. The molecule has 0 heterocycles. The summed E-state index contributed by atoms with van der Waals surface area (Å²) < 4.78 is 0. The van der Waals surface area contributed by atoms with E-state index in [1.807, 2.05) is 0 Å². The highest BCUT2D eigenvalue weighted by atomic mass is 35.5. The molecule has 0 aliphatic heterocycles. The van der Waals surface area contributed by atoms with Gasteiger partial charge in [-0.25, -0.2) is 4.79 Å². The highest BCUT2D eigenvalue weighted by molar-refractivity contribution is 6.34. The molecule has 1 aromatic carbocycles. The number of amides is 1. The van der Waals surface area contributed by atoms with Crippen LogP contribution in [0.3, 0.4) is 0 Å². The largest absolute Gasteiger partial charge is 0.478 e. The van der Waals surface area contributed by atoms with Crippen LogP contribution in [0.4, 0.5) is 5.69 Å². The molecule has 0 unspecified atom stereocenters. The quantitative estimate of drug-likeness (QED) is 0.760. The van der Waals surface area contributed by atoms with Crippen molar-refractivity contribution in [3.05, 3.63) is 28.8 Å². The van der Waals surface area contributed by atoms with Crippen LogP contribution < -0.4 is 10.6 Å². The van der Waals surface area contributed by atoms with Crippen LogP contribution in [0.15, 0.2) is 18.2 Å². The number of rotatable bonds is 5. The van der Waals surface area contributed by atoms with E-state index in [9.17, 15) is 9.59 Å². The van der Waals surface area contributed by atoms with Crippen LogP contribution in [-0.2, 0) is 4.79 Å². The lowest BCUT2D eigenvalue weighted by Crippen LogP contribution is -2.30. The first-order valence-electron chi connectivity index (χ1n) is 5.63. The molecule has 1 fully saturated rings. The first kappa shape index (κ1) is 12.9. The summed E-state index contributed by atoms with van der Waals surface area (Å²) in [6.07, 6.45) is 2.18. The Labute approximate surface area is 109 Å². The molecule has 0 saturated heterocycles. The van der Waals surface area contributed by atoms with Crippen molar-refractivity contribution in [3.8, 4) is 0 Å². The second-order valence-corrected chi connectivity index (χ2v) is 4.58. The van der Waals surface area contributed by atoms with Crippen LogP contribution in [0.2, 0.25) is 5.02 Å². The predicted octanol–water partition coefficient (Wildman–Crippen LogP) is 1.73. The average Bonchev–Trinajstić information content (AvgIpc) is 3.09. The zero-order valence-corrected chi connectivity index (χ0v) is 10.3. The van der Waals surface area contributed by atoms with E-state index in [4.69, 9.17) is 16.7 Å². The summed E-state index contributed by atoms with van der Waals surface area (Å²) in [5, 5.41) is 14.7. The zero-order chi connectivity index (χ0) is 13.1. The van der Waals surface area contributed by atoms with Crippen LogP contribution in [0.1, 0.15) is 23.2 Å². The van der Waals surface area contributed by atoms with Gasteiger partial charge in [0.05, 0.1) is 17.3 Å². The summed E-state index contributed by atoms with van der Waals surface area (Å²) in [7, 11) is 0. The molecule has 1 saturated carbocycles. The minimum absolute atomic E-state index is 0.0843. The van der Waals surface area contributed by atoms with E-state index < -0.39 is 5.97 Å². The number of anilines is 1. The van der Waals surface area contributed by atoms with E-state index in [-0.39, 0.29) is 28.7 Å². The fraction of sp³-hybridized carbons (Fsp3) is 0.333. The van der Waals surface area contributed by atoms with Crippen molar-refractivity contribution in [3.63, 3.8) is 0 Å². The standard InChI is InChI=1S/C12H13ClN2O3/c13-8-2-1-3-9(11(8)12(17)18)15-10(16)6-14-7-4-5-7/h1-3,7,14H,4-6H2,(H,15,16)(H,17,18). The topological polar surface area (TPSA) is 78.4 Å². The monoisotopic (exact) mass is 268 g/mol. The maximum absolute atomic E-state index is 11.6. The first-order chi connectivity index (χ1) is 8.58. The van der Waals surface area contributed by atoms with E-state index in [2.05, 4.69) is 10.6 Å². The van der Waals surface area contributed by atoms with Crippen LogP contribution in [0.5, 0.6) is 0 Å². The molecule has 0 bridgehead atoms. The lowest BCUT2D eigenvalue weighted by molar-refractivity contribution is -0.115. The lowest BCUT2D eigenvalue weighted by Gasteiger charge is -2.10. The third kappa shape index (κ3) is 3.21. The highest BCUT2D eigenvalue weighted by Gasteiger charge is 2.22. The molecule has 1 aliphatic carbocycles.